The molecule has 2 rings (SSSR count). The molecular weight excluding hydrogens is 348 g/mol. The summed E-state index contributed by atoms with van der Waals surface area (Å²) in [7, 11) is 0. The Balaban J connectivity index is 1.96. The molecule has 7 heteroatoms. The van der Waals surface area contributed by atoms with Gasteiger partial charge in [0.25, 0.3) is 0 Å². The summed E-state index contributed by atoms with van der Waals surface area (Å²) in [6.07, 6.45) is 9.39. The van der Waals surface area contributed by atoms with E-state index in [4.69, 9.17) is 14.2 Å². The number of imidazole rings is 1. The molecule has 0 aliphatic heterocycles. The number of unbranched alkanes of at least 4 members (excludes halogenated alkanes) is 3. The molecule has 146 valence electrons. The molecule has 1 aromatic heterocycles. The van der Waals surface area contributed by atoms with Crippen LogP contribution in [0.1, 0.15) is 43.0 Å². The molecule has 0 atom stereocenters. The molecule has 0 radical (unpaired) electrons. The zero-order valence-electron chi connectivity index (χ0n) is 15.6. The molecule has 0 aliphatic rings. The highest BCUT2D eigenvalue weighted by Crippen LogP contribution is 2.29. The number of esters is 1. The first kappa shape index (κ1) is 20.5. The first-order valence-electron chi connectivity index (χ1n) is 9.20. The number of nitrogens with zero attached hydrogens (tertiary/aromatic N) is 2. The van der Waals surface area contributed by atoms with Crippen molar-refractivity contribution >= 4 is 12.3 Å². The van der Waals surface area contributed by atoms with E-state index in [1.165, 1.54) is 0 Å². The first-order valence-corrected chi connectivity index (χ1v) is 9.20. The van der Waals surface area contributed by atoms with Gasteiger partial charge in [0.05, 0.1) is 31.6 Å². The van der Waals surface area contributed by atoms with Crippen LogP contribution < -0.4 is 9.47 Å². The Kier molecular flexibility index (Phi) is 8.89. The van der Waals surface area contributed by atoms with Gasteiger partial charge in [-0.1, -0.05) is 0 Å². The molecular formula is C20H26N2O5. The fraction of sp³-hybridized carbons (Fsp3) is 0.450. The number of hydrogen-bond acceptors (Lipinski definition) is 6. The van der Waals surface area contributed by atoms with Crippen molar-refractivity contribution in [3.05, 3.63) is 42.5 Å². The van der Waals surface area contributed by atoms with Crippen LogP contribution in [0.3, 0.4) is 0 Å². The van der Waals surface area contributed by atoms with Crippen molar-refractivity contribution in [3.8, 4) is 11.5 Å². The molecule has 0 amide bonds. The van der Waals surface area contributed by atoms with E-state index in [0.29, 0.717) is 49.8 Å². The van der Waals surface area contributed by atoms with E-state index in [9.17, 15) is 9.59 Å². The molecule has 1 heterocycles. The quantitative estimate of drug-likeness (QED) is 0.304. The van der Waals surface area contributed by atoms with Crippen LogP contribution in [0.2, 0.25) is 0 Å². The molecule has 0 bridgehead atoms. The monoisotopic (exact) mass is 374 g/mol. The predicted molar refractivity (Wildman–Crippen MR) is 100 cm³/mol. The smallest absolute Gasteiger partial charge is 0.338 e. The van der Waals surface area contributed by atoms with Gasteiger partial charge in [0.2, 0.25) is 0 Å². The number of hydrogen-bond donors (Lipinski definition) is 0. The van der Waals surface area contributed by atoms with Crippen molar-refractivity contribution in [3.63, 3.8) is 0 Å². The third-order valence-electron chi connectivity index (χ3n) is 3.84. The average Bonchev–Trinajstić information content (AvgIpc) is 3.19. The Bertz CT molecular complexity index is 700. The largest absolute Gasteiger partial charge is 0.490 e. The van der Waals surface area contributed by atoms with Crippen LogP contribution >= 0.6 is 0 Å². The number of carbonyl (C=O) groups is 2. The fourth-order valence-corrected chi connectivity index (χ4v) is 2.45. The van der Waals surface area contributed by atoms with Gasteiger partial charge in [-0.25, -0.2) is 9.78 Å². The van der Waals surface area contributed by atoms with E-state index in [1.54, 1.807) is 37.6 Å². The highest BCUT2D eigenvalue weighted by atomic mass is 16.5. The van der Waals surface area contributed by atoms with Crippen molar-refractivity contribution in [2.24, 2.45) is 0 Å². The third kappa shape index (κ3) is 7.13. The van der Waals surface area contributed by atoms with Gasteiger partial charge in [-0.05, 0) is 44.4 Å². The Hall–Kier alpha value is -2.83. The van der Waals surface area contributed by atoms with Crippen molar-refractivity contribution in [1.29, 1.82) is 0 Å². The maximum absolute atomic E-state index is 12.0. The maximum Gasteiger partial charge on any atom is 0.338 e. The minimum atomic E-state index is -0.390. The molecule has 0 N–H and O–H groups in total. The summed E-state index contributed by atoms with van der Waals surface area (Å²) in [5, 5.41) is 0. The maximum atomic E-state index is 12.0. The van der Waals surface area contributed by atoms with Crippen LogP contribution in [0, 0.1) is 0 Å². The highest BCUT2D eigenvalue weighted by molar-refractivity contribution is 5.90. The van der Waals surface area contributed by atoms with E-state index in [2.05, 4.69) is 4.98 Å². The zero-order chi connectivity index (χ0) is 19.3. The predicted octanol–water partition coefficient (Wildman–Crippen LogP) is 3.28. The number of ether oxygens (including phenoxy) is 3. The number of carbonyl (C=O) groups excluding carboxylic acids is 2. The molecule has 27 heavy (non-hydrogen) atoms. The van der Waals surface area contributed by atoms with Crippen LogP contribution in [-0.4, -0.2) is 41.6 Å². The van der Waals surface area contributed by atoms with Gasteiger partial charge in [0, 0.05) is 18.8 Å². The van der Waals surface area contributed by atoms with Gasteiger partial charge in [0.1, 0.15) is 12.9 Å². The molecule has 0 unspecified atom stereocenters. The minimum Gasteiger partial charge on any atom is -0.490 e. The first-order chi connectivity index (χ1) is 13.2. The summed E-state index contributed by atoms with van der Waals surface area (Å²) in [5.41, 5.74) is 0.426. The average molecular weight is 374 g/mol. The second kappa shape index (κ2) is 11.7. The number of benzene rings is 1. The molecule has 7 nitrogen and oxygen atoms in total. The zero-order valence-corrected chi connectivity index (χ0v) is 15.6. The van der Waals surface area contributed by atoms with Crippen LogP contribution in [0.4, 0.5) is 0 Å². The Morgan fingerprint density at radius 3 is 2.74 bits per heavy atom. The van der Waals surface area contributed by atoms with Gasteiger partial charge in [-0.2, -0.15) is 0 Å². The molecule has 0 spiro atoms. The summed E-state index contributed by atoms with van der Waals surface area (Å²) in [6.45, 7) is 3.68. The number of aldehydes is 1. The molecule has 0 fully saturated rings. The summed E-state index contributed by atoms with van der Waals surface area (Å²) in [6, 6.07) is 5.04. The lowest BCUT2D eigenvalue weighted by Gasteiger charge is -2.14. The van der Waals surface area contributed by atoms with Crippen molar-refractivity contribution in [1.82, 2.24) is 9.55 Å². The number of rotatable bonds is 13. The van der Waals surface area contributed by atoms with E-state index in [0.717, 1.165) is 25.5 Å². The second-order valence-electron chi connectivity index (χ2n) is 5.90. The lowest BCUT2D eigenvalue weighted by Crippen LogP contribution is -2.09. The molecule has 2 aromatic rings. The van der Waals surface area contributed by atoms with Crippen LogP contribution in [0.15, 0.2) is 36.9 Å². The summed E-state index contributed by atoms with van der Waals surface area (Å²) in [4.78, 5) is 26.3. The normalized spacial score (nSPS) is 10.4. The van der Waals surface area contributed by atoms with Crippen molar-refractivity contribution in [2.75, 3.05) is 19.8 Å². The van der Waals surface area contributed by atoms with Gasteiger partial charge >= 0.3 is 5.97 Å². The van der Waals surface area contributed by atoms with Crippen molar-refractivity contribution in [2.45, 2.75) is 39.2 Å². The van der Waals surface area contributed by atoms with Crippen LogP contribution in [0.5, 0.6) is 11.5 Å². The molecule has 0 saturated carbocycles. The molecule has 1 aromatic carbocycles. The standard InChI is InChI=1S/C20H26N2O5/c1-2-25-20(24)17-7-8-18(27-14-11-22-10-9-21-16-22)19(15-17)26-13-6-4-3-5-12-23/h7-10,12,15-16H,2-6,11,13-14H2,1H3. The van der Waals surface area contributed by atoms with E-state index in [1.807, 2.05) is 10.8 Å². The minimum absolute atomic E-state index is 0.314. The Morgan fingerprint density at radius 1 is 1.15 bits per heavy atom. The van der Waals surface area contributed by atoms with Gasteiger partial charge in [0.15, 0.2) is 11.5 Å². The summed E-state index contributed by atoms with van der Waals surface area (Å²) < 4.78 is 18.6. The van der Waals surface area contributed by atoms with E-state index in [-0.39, 0.29) is 0 Å². The molecule has 0 saturated heterocycles. The number of aromatic nitrogens is 2. The SMILES string of the molecule is CCOC(=O)c1ccc(OCCn2ccnc2)c(OCCCCCC=O)c1. The highest BCUT2D eigenvalue weighted by Gasteiger charge is 2.13. The van der Waals surface area contributed by atoms with E-state index < -0.39 is 5.97 Å². The van der Waals surface area contributed by atoms with Gasteiger partial charge in [-0.15, -0.1) is 0 Å². The fourth-order valence-electron chi connectivity index (χ4n) is 2.45. The Morgan fingerprint density at radius 2 is 2.00 bits per heavy atom. The summed E-state index contributed by atoms with van der Waals surface area (Å²) in [5.74, 6) is 0.705. The van der Waals surface area contributed by atoms with Crippen molar-refractivity contribution < 1.29 is 23.8 Å². The van der Waals surface area contributed by atoms with E-state index >= 15 is 0 Å². The van der Waals surface area contributed by atoms with Crippen LogP contribution in [0.25, 0.3) is 0 Å². The summed E-state index contributed by atoms with van der Waals surface area (Å²) >= 11 is 0. The molecule has 0 aliphatic carbocycles. The topological polar surface area (TPSA) is 79.7 Å². The second-order valence-corrected chi connectivity index (χ2v) is 5.90. The van der Waals surface area contributed by atoms with Crippen LogP contribution in [-0.2, 0) is 16.1 Å². The van der Waals surface area contributed by atoms with Gasteiger partial charge in [-0.3, -0.25) is 0 Å². The lowest BCUT2D eigenvalue weighted by atomic mass is 10.2. The Labute approximate surface area is 159 Å². The van der Waals surface area contributed by atoms with Gasteiger partial charge < -0.3 is 23.6 Å². The third-order valence-corrected chi connectivity index (χ3v) is 3.84. The lowest BCUT2D eigenvalue weighted by molar-refractivity contribution is -0.107.